The van der Waals surface area contributed by atoms with Gasteiger partial charge < -0.3 is 20.5 Å². The molecule has 29 heavy (non-hydrogen) atoms. The lowest BCUT2D eigenvalue weighted by Gasteiger charge is -2.18. The maximum absolute atomic E-state index is 12.9. The van der Waals surface area contributed by atoms with E-state index in [1.165, 1.54) is 14.2 Å². The second kappa shape index (κ2) is 8.93. The highest BCUT2D eigenvalue weighted by Crippen LogP contribution is 2.36. The van der Waals surface area contributed by atoms with Crippen molar-refractivity contribution in [2.45, 2.75) is 6.04 Å². The fraction of sp³-hybridized carbons (Fsp3) is 0.130. The number of phenolic OH excluding ortho intramolecular Hbond substituents is 1. The first-order valence-electron chi connectivity index (χ1n) is 9.09. The van der Waals surface area contributed by atoms with Gasteiger partial charge >= 0.3 is 0 Å². The Labute approximate surface area is 169 Å². The molecule has 0 spiro atoms. The van der Waals surface area contributed by atoms with E-state index in [2.05, 4.69) is 10.6 Å². The molecular formula is C23H22N2O4. The quantitative estimate of drug-likeness (QED) is 0.603. The van der Waals surface area contributed by atoms with Crippen LogP contribution in [0.5, 0.6) is 11.5 Å². The summed E-state index contributed by atoms with van der Waals surface area (Å²) in [5.74, 6) is -0.134. The zero-order valence-electron chi connectivity index (χ0n) is 16.2. The summed E-state index contributed by atoms with van der Waals surface area (Å²) < 4.78 is 5.39. The molecule has 0 heterocycles. The number of phenols is 1. The summed E-state index contributed by atoms with van der Waals surface area (Å²) in [6.07, 6.45) is 0. The highest BCUT2D eigenvalue weighted by molar-refractivity contribution is 5.99. The van der Waals surface area contributed by atoms with E-state index in [4.69, 9.17) is 4.74 Å². The Kier molecular flexibility index (Phi) is 6.14. The number of hydrogen-bond donors (Lipinski definition) is 3. The van der Waals surface area contributed by atoms with Crippen LogP contribution in [0.2, 0.25) is 0 Å². The van der Waals surface area contributed by atoms with Crippen molar-refractivity contribution in [3.05, 3.63) is 83.9 Å². The highest BCUT2D eigenvalue weighted by atomic mass is 16.5. The number of amides is 2. The molecule has 3 rings (SSSR count). The van der Waals surface area contributed by atoms with Gasteiger partial charge in [-0.25, -0.2) is 0 Å². The molecule has 3 N–H and O–H groups in total. The van der Waals surface area contributed by atoms with Crippen LogP contribution in [0.15, 0.2) is 72.8 Å². The smallest absolute Gasteiger partial charge is 0.252 e. The van der Waals surface area contributed by atoms with Gasteiger partial charge in [0.15, 0.2) is 0 Å². The molecule has 0 fully saturated rings. The first-order chi connectivity index (χ1) is 14.0. The monoisotopic (exact) mass is 390 g/mol. The largest absolute Gasteiger partial charge is 0.507 e. The Hall–Kier alpha value is -3.80. The SMILES string of the molecule is CNC(=O)[C@H](NC(=O)c1ccc(OC)c(-c2ccccc2O)c1)c1ccccc1. The summed E-state index contributed by atoms with van der Waals surface area (Å²) in [6.45, 7) is 0. The van der Waals surface area contributed by atoms with Crippen LogP contribution in [0.3, 0.4) is 0 Å². The van der Waals surface area contributed by atoms with Crippen molar-refractivity contribution < 1.29 is 19.4 Å². The van der Waals surface area contributed by atoms with Crippen molar-refractivity contribution in [3.63, 3.8) is 0 Å². The number of likely N-dealkylation sites (N-methyl/N-ethyl adjacent to an activating group) is 1. The number of ether oxygens (including phenoxy) is 1. The normalized spacial score (nSPS) is 11.4. The molecule has 0 bridgehead atoms. The van der Waals surface area contributed by atoms with Gasteiger partial charge in [-0.05, 0) is 29.8 Å². The van der Waals surface area contributed by atoms with Gasteiger partial charge in [-0.15, -0.1) is 0 Å². The van der Waals surface area contributed by atoms with Gasteiger partial charge in [0, 0.05) is 23.7 Å². The third kappa shape index (κ3) is 4.38. The van der Waals surface area contributed by atoms with Gasteiger partial charge in [0.05, 0.1) is 7.11 Å². The molecule has 1 atom stereocenters. The molecule has 0 aliphatic heterocycles. The Morgan fingerprint density at radius 2 is 1.62 bits per heavy atom. The molecule has 3 aromatic rings. The summed E-state index contributed by atoms with van der Waals surface area (Å²) in [7, 11) is 3.05. The molecule has 3 aromatic carbocycles. The molecule has 2 amide bonds. The fourth-order valence-electron chi connectivity index (χ4n) is 3.07. The summed E-state index contributed by atoms with van der Waals surface area (Å²) in [5.41, 5.74) is 2.14. The number of aromatic hydroxyl groups is 1. The Morgan fingerprint density at radius 1 is 0.931 bits per heavy atom. The fourth-order valence-corrected chi connectivity index (χ4v) is 3.07. The van der Waals surface area contributed by atoms with E-state index in [1.807, 2.05) is 6.07 Å². The van der Waals surface area contributed by atoms with Crippen LogP contribution in [-0.2, 0) is 4.79 Å². The Balaban J connectivity index is 1.95. The predicted octanol–water partition coefficient (Wildman–Crippen LogP) is 3.28. The standard InChI is InChI=1S/C23H22N2O4/c1-24-23(28)21(15-8-4-3-5-9-15)25-22(27)16-12-13-20(29-2)18(14-16)17-10-6-7-11-19(17)26/h3-14,21,26H,1-2H3,(H,24,28)(H,25,27)/t21-/m1/s1. The van der Waals surface area contributed by atoms with Crippen LogP contribution >= 0.6 is 0 Å². The van der Waals surface area contributed by atoms with E-state index in [-0.39, 0.29) is 11.7 Å². The minimum atomic E-state index is -0.829. The number of carbonyl (C=O) groups excluding carboxylic acids is 2. The summed E-state index contributed by atoms with van der Waals surface area (Å²) in [4.78, 5) is 25.3. The zero-order chi connectivity index (χ0) is 20.8. The van der Waals surface area contributed by atoms with Crippen molar-refractivity contribution >= 4 is 11.8 Å². The molecule has 0 aliphatic rings. The highest BCUT2D eigenvalue weighted by Gasteiger charge is 2.23. The molecule has 6 heteroatoms. The van der Waals surface area contributed by atoms with E-state index >= 15 is 0 Å². The van der Waals surface area contributed by atoms with Crippen molar-refractivity contribution in [1.29, 1.82) is 0 Å². The number of para-hydroxylation sites is 1. The molecule has 0 aliphatic carbocycles. The van der Waals surface area contributed by atoms with Crippen LogP contribution in [0.25, 0.3) is 11.1 Å². The predicted molar refractivity (Wildman–Crippen MR) is 111 cm³/mol. The van der Waals surface area contributed by atoms with Gasteiger partial charge in [0.25, 0.3) is 5.91 Å². The van der Waals surface area contributed by atoms with Crippen LogP contribution in [0.1, 0.15) is 22.0 Å². The lowest BCUT2D eigenvalue weighted by atomic mass is 10.00. The van der Waals surface area contributed by atoms with E-state index in [0.717, 1.165) is 0 Å². The Morgan fingerprint density at radius 3 is 2.28 bits per heavy atom. The van der Waals surface area contributed by atoms with E-state index < -0.39 is 11.9 Å². The number of benzene rings is 3. The Bertz CT molecular complexity index is 1020. The minimum absolute atomic E-state index is 0.0795. The lowest BCUT2D eigenvalue weighted by Crippen LogP contribution is -2.39. The zero-order valence-corrected chi connectivity index (χ0v) is 16.2. The summed E-state index contributed by atoms with van der Waals surface area (Å²) >= 11 is 0. The maximum atomic E-state index is 12.9. The van der Waals surface area contributed by atoms with Crippen molar-refractivity contribution in [2.24, 2.45) is 0 Å². The van der Waals surface area contributed by atoms with Crippen LogP contribution in [-0.4, -0.2) is 31.1 Å². The molecule has 0 saturated carbocycles. The average Bonchev–Trinajstić information content (AvgIpc) is 2.77. The number of carbonyl (C=O) groups is 2. The van der Waals surface area contributed by atoms with Gasteiger partial charge in [-0.2, -0.15) is 0 Å². The lowest BCUT2D eigenvalue weighted by molar-refractivity contribution is -0.122. The third-order valence-corrected chi connectivity index (χ3v) is 4.57. The molecule has 148 valence electrons. The topological polar surface area (TPSA) is 87.7 Å². The molecule has 0 unspecified atom stereocenters. The number of rotatable bonds is 6. The second-order valence-electron chi connectivity index (χ2n) is 6.36. The van der Waals surface area contributed by atoms with Gasteiger partial charge in [-0.1, -0.05) is 48.5 Å². The second-order valence-corrected chi connectivity index (χ2v) is 6.36. The van der Waals surface area contributed by atoms with Crippen LogP contribution < -0.4 is 15.4 Å². The van der Waals surface area contributed by atoms with Crippen LogP contribution in [0.4, 0.5) is 0 Å². The van der Waals surface area contributed by atoms with Crippen molar-refractivity contribution in [2.75, 3.05) is 14.2 Å². The third-order valence-electron chi connectivity index (χ3n) is 4.57. The summed E-state index contributed by atoms with van der Waals surface area (Å²) in [5, 5.41) is 15.6. The van der Waals surface area contributed by atoms with Gasteiger partial charge in [0.2, 0.25) is 5.91 Å². The first kappa shape index (κ1) is 19.9. The summed E-state index contributed by atoms with van der Waals surface area (Å²) in [6, 6.07) is 19.9. The van der Waals surface area contributed by atoms with E-state index in [1.54, 1.807) is 66.7 Å². The molecule has 0 radical (unpaired) electrons. The van der Waals surface area contributed by atoms with Crippen molar-refractivity contribution in [3.8, 4) is 22.6 Å². The van der Waals surface area contributed by atoms with Crippen molar-refractivity contribution in [1.82, 2.24) is 10.6 Å². The number of nitrogens with one attached hydrogen (secondary N) is 2. The molecular weight excluding hydrogens is 368 g/mol. The first-order valence-corrected chi connectivity index (χ1v) is 9.09. The molecule has 0 aromatic heterocycles. The van der Waals surface area contributed by atoms with Gasteiger partial charge in [-0.3, -0.25) is 9.59 Å². The average molecular weight is 390 g/mol. The van der Waals surface area contributed by atoms with E-state index in [9.17, 15) is 14.7 Å². The maximum Gasteiger partial charge on any atom is 0.252 e. The number of hydrogen-bond acceptors (Lipinski definition) is 4. The van der Waals surface area contributed by atoms with Crippen LogP contribution in [0, 0.1) is 0 Å². The molecule has 0 saturated heterocycles. The van der Waals surface area contributed by atoms with Gasteiger partial charge in [0.1, 0.15) is 17.5 Å². The number of methoxy groups -OCH3 is 1. The molecule has 6 nitrogen and oxygen atoms in total. The van der Waals surface area contributed by atoms with E-state index in [0.29, 0.717) is 28.0 Å². The minimum Gasteiger partial charge on any atom is -0.507 e.